The van der Waals surface area contributed by atoms with E-state index in [2.05, 4.69) is 28.1 Å². The average molecular weight is 515 g/mol. The quantitative estimate of drug-likeness (QED) is 0.450. The second kappa shape index (κ2) is 9.34. The summed E-state index contributed by atoms with van der Waals surface area (Å²) in [7, 11) is 0. The van der Waals surface area contributed by atoms with E-state index in [0.717, 1.165) is 40.6 Å². The lowest BCUT2D eigenvalue weighted by Gasteiger charge is -2.36. The van der Waals surface area contributed by atoms with Crippen LogP contribution in [0.4, 0.5) is 9.18 Å². The van der Waals surface area contributed by atoms with Crippen LogP contribution in [0.3, 0.4) is 0 Å². The van der Waals surface area contributed by atoms with E-state index in [0.29, 0.717) is 30.6 Å². The maximum atomic E-state index is 14.7. The Morgan fingerprint density at radius 1 is 1.18 bits per heavy atom. The highest BCUT2D eigenvalue weighted by atomic mass is 79.9. The van der Waals surface area contributed by atoms with Gasteiger partial charge in [-0.1, -0.05) is 22.0 Å². The molecular formula is C26H28BrFN2O3. The number of nitrogens with zero attached hydrogens (tertiary/aromatic N) is 2. The van der Waals surface area contributed by atoms with Crippen LogP contribution in [0.25, 0.3) is 0 Å². The summed E-state index contributed by atoms with van der Waals surface area (Å²) in [5, 5.41) is 9.02. The minimum absolute atomic E-state index is 0.236. The van der Waals surface area contributed by atoms with Gasteiger partial charge in [-0.05, 0) is 87.8 Å². The summed E-state index contributed by atoms with van der Waals surface area (Å²) in [6.45, 7) is 6.85. The molecule has 0 bridgehead atoms. The first-order valence-corrected chi connectivity index (χ1v) is 12.1. The van der Waals surface area contributed by atoms with Crippen LogP contribution in [0.1, 0.15) is 74.3 Å². The summed E-state index contributed by atoms with van der Waals surface area (Å²) in [4.78, 5) is 14.2. The molecule has 0 saturated carbocycles. The zero-order chi connectivity index (χ0) is 23.8. The number of carbonyl (C=O) groups excluding carboxylic acids is 1. The molecule has 174 valence electrons. The van der Waals surface area contributed by atoms with Crippen LogP contribution < -0.4 is 4.74 Å². The molecule has 0 aromatic heterocycles. The van der Waals surface area contributed by atoms with Crippen LogP contribution in [-0.2, 0) is 11.2 Å². The van der Waals surface area contributed by atoms with Crippen LogP contribution in [0.2, 0.25) is 0 Å². The van der Waals surface area contributed by atoms with Crippen molar-refractivity contribution in [3.05, 3.63) is 62.9 Å². The van der Waals surface area contributed by atoms with Crippen molar-refractivity contribution in [1.82, 2.24) is 4.90 Å². The van der Waals surface area contributed by atoms with Gasteiger partial charge in [0.15, 0.2) is 0 Å². The predicted octanol–water partition coefficient (Wildman–Crippen LogP) is 6.64. The average Bonchev–Trinajstić information content (AvgIpc) is 2.77. The number of piperidine rings is 1. The van der Waals surface area contributed by atoms with Crippen LogP contribution in [0.5, 0.6) is 5.75 Å². The standard InChI is InChI=1S/C26H28BrFN2O3/c1-26(2,3)33-25(31)30-10-8-17(9-11-30)21-14-19(27)13-18-5-7-23(32-24(18)21)20-6-4-16(15-29)12-22(20)28/h4,6,12-14,17,23H,5,7-11H2,1-3H3. The molecule has 1 unspecified atom stereocenters. The number of hydrogen-bond acceptors (Lipinski definition) is 4. The van der Waals surface area contributed by atoms with Gasteiger partial charge in [0.05, 0.1) is 11.6 Å². The number of aryl methyl sites for hydroxylation is 1. The molecule has 1 atom stereocenters. The van der Waals surface area contributed by atoms with Gasteiger partial charge in [0.25, 0.3) is 0 Å². The van der Waals surface area contributed by atoms with E-state index in [1.54, 1.807) is 17.0 Å². The zero-order valence-corrected chi connectivity index (χ0v) is 20.7. The number of benzene rings is 2. The predicted molar refractivity (Wildman–Crippen MR) is 127 cm³/mol. The van der Waals surface area contributed by atoms with E-state index in [1.165, 1.54) is 6.07 Å². The smallest absolute Gasteiger partial charge is 0.410 e. The fraction of sp³-hybridized carbons (Fsp3) is 0.462. The number of rotatable bonds is 2. The number of ether oxygens (including phenoxy) is 2. The van der Waals surface area contributed by atoms with Crippen molar-refractivity contribution in [2.75, 3.05) is 13.1 Å². The van der Waals surface area contributed by atoms with Gasteiger partial charge in [-0.2, -0.15) is 5.26 Å². The molecule has 0 aliphatic carbocycles. The highest BCUT2D eigenvalue weighted by molar-refractivity contribution is 9.10. The molecule has 1 fully saturated rings. The lowest BCUT2D eigenvalue weighted by molar-refractivity contribution is 0.0204. The highest BCUT2D eigenvalue weighted by Gasteiger charge is 2.32. The van der Waals surface area contributed by atoms with Crippen molar-refractivity contribution in [2.24, 2.45) is 0 Å². The Morgan fingerprint density at radius 2 is 1.91 bits per heavy atom. The minimum atomic E-state index is -0.513. The lowest BCUT2D eigenvalue weighted by Crippen LogP contribution is -2.41. The topological polar surface area (TPSA) is 62.6 Å². The van der Waals surface area contributed by atoms with Crippen molar-refractivity contribution < 1.29 is 18.7 Å². The number of amides is 1. The van der Waals surface area contributed by atoms with Crippen LogP contribution in [-0.4, -0.2) is 29.7 Å². The maximum Gasteiger partial charge on any atom is 0.410 e. The van der Waals surface area contributed by atoms with E-state index in [4.69, 9.17) is 14.7 Å². The summed E-state index contributed by atoms with van der Waals surface area (Å²) in [5.41, 5.74) is 2.48. The summed E-state index contributed by atoms with van der Waals surface area (Å²) in [5.74, 6) is 0.653. The van der Waals surface area contributed by atoms with Crippen LogP contribution >= 0.6 is 15.9 Å². The number of nitriles is 1. The second-order valence-electron chi connectivity index (χ2n) is 9.72. The third kappa shape index (κ3) is 5.33. The number of fused-ring (bicyclic) bond motifs is 1. The Morgan fingerprint density at radius 3 is 2.55 bits per heavy atom. The van der Waals surface area contributed by atoms with E-state index in [-0.39, 0.29) is 12.0 Å². The minimum Gasteiger partial charge on any atom is -0.485 e. The SMILES string of the molecule is CC(C)(C)OC(=O)N1CCC(c2cc(Br)cc3c2OC(c2ccc(C#N)cc2F)CC3)CC1. The Kier molecular flexibility index (Phi) is 6.67. The first-order valence-electron chi connectivity index (χ1n) is 11.3. The van der Waals surface area contributed by atoms with Crippen molar-refractivity contribution in [2.45, 2.75) is 64.1 Å². The van der Waals surface area contributed by atoms with Crippen LogP contribution in [0, 0.1) is 17.1 Å². The van der Waals surface area contributed by atoms with Gasteiger partial charge in [-0.25, -0.2) is 9.18 Å². The maximum absolute atomic E-state index is 14.7. The van der Waals surface area contributed by atoms with Gasteiger partial charge in [0, 0.05) is 23.1 Å². The largest absolute Gasteiger partial charge is 0.485 e. The van der Waals surface area contributed by atoms with Crippen molar-refractivity contribution in [1.29, 1.82) is 5.26 Å². The highest BCUT2D eigenvalue weighted by Crippen LogP contribution is 2.44. The molecule has 33 heavy (non-hydrogen) atoms. The molecule has 2 aliphatic rings. The third-order valence-corrected chi connectivity index (χ3v) is 6.62. The Labute approximate surface area is 202 Å². The number of hydrogen-bond donors (Lipinski definition) is 0. The molecule has 2 aromatic rings. The van der Waals surface area contributed by atoms with Crippen molar-refractivity contribution >= 4 is 22.0 Å². The molecule has 2 aliphatic heterocycles. The van der Waals surface area contributed by atoms with Crippen LogP contribution in [0.15, 0.2) is 34.8 Å². The zero-order valence-electron chi connectivity index (χ0n) is 19.2. The fourth-order valence-corrected chi connectivity index (χ4v) is 5.09. The van der Waals surface area contributed by atoms with Gasteiger partial charge in [0.2, 0.25) is 0 Å². The summed E-state index contributed by atoms with van der Waals surface area (Å²) >= 11 is 3.63. The molecule has 0 radical (unpaired) electrons. The normalized spacial score (nSPS) is 18.8. The monoisotopic (exact) mass is 514 g/mol. The number of likely N-dealkylation sites (tertiary alicyclic amines) is 1. The molecule has 7 heteroatoms. The fourth-order valence-electron chi connectivity index (χ4n) is 4.57. The second-order valence-corrected chi connectivity index (χ2v) is 10.6. The molecule has 0 spiro atoms. The molecule has 1 saturated heterocycles. The van der Waals surface area contributed by atoms with Crippen molar-refractivity contribution in [3.8, 4) is 11.8 Å². The number of halogens is 2. The summed E-state index contributed by atoms with van der Waals surface area (Å²) in [6, 6.07) is 10.7. The van der Waals surface area contributed by atoms with Gasteiger partial charge in [-0.3, -0.25) is 0 Å². The van der Waals surface area contributed by atoms with Gasteiger partial charge in [-0.15, -0.1) is 0 Å². The lowest BCUT2D eigenvalue weighted by atomic mass is 9.85. The molecule has 2 heterocycles. The number of carbonyl (C=O) groups is 1. The Balaban J connectivity index is 1.53. The van der Waals surface area contributed by atoms with E-state index >= 15 is 0 Å². The molecule has 1 amide bonds. The Bertz CT molecular complexity index is 1100. The molecule has 4 rings (SSSR count). The first kappa shape index (κ1) is 23.6. The molecule has 2 aromatic carbocycles. The Hall–Kier alpha value is -2.59. The van der Waals surface area contributed by atoms with E-state index in [9.17, 15) is 9.18 Å². The summed E-state index contributed by atoms with van der Waals surface area (Å²) < 4.78 is 27.6. The molecule has 0 N–H and O–H groups in total. The third-order valence-electron chi connectivity index (χ3n) is 6.16. The molecular weight excluding hydrogens is 487 g/mol. The van der Waals surface area contributed by atoms with Gasteiger partial charge < -0.3 is 14.4 Å². The van der Waals surface area contributed by atoms with Gasteiger partial charge in [0.1, 0.15) is 23.3 Å². The molecule has 5 nitrogen and oxygen atoms in total. The summed E-state index contributed by atoms with van der Waals surface area (Å²) in [6.07, 6.45) is 2.39. The van der Waals surface area contributed by atoms with Crippen molar-refractivity contribution in [3.63, 3.8) is 0 Å². The van der Waals surface area contributed by atoms with E-state index < -0.39 is 17.5 Å². The van der Waals surface area contributed by atoms with Gasteiger partial charge >= 0.3 is 6.09 Å². The first-order chi connectivity index (χ1) is 15.6. The van der Waals surface area contributed by atoms with E-state index in [1.807, 2.05) is 26.8 Å².